The first-order chi connectivity index (χ1) is 12.1. The van der Waals surface area contributed by atoms with Gasteiger partial charge < -0.3 is 9.84 Å². The highest BCUT2D eigenvalue weighted by Crippen LogP contribution is 2.49. The Kier molecular flexibility index (Phi) is 3.81. The van der Waals surface area contributed by atoms with Crippen LogP contribution in [-0.4, -0.2) is 11.1 Å². The molecule has 0 unspecified atom stereocenters. The van der Waals surface area contributed by atoms with E-state index < -0.39 is 11.2 Å². The van der Waals surface area contributed by atoms with Gasteiger partial charge >= 0.3 is 0 Å². The van der Waals surface area contributed by atoms with Crippen LogP contribution < -0.4 is 5.32 Å². The smallest absolute Gasteiger partial charge is 0.236 e. The Bertz CT molecular complexity index is 936. The zero-order chi connectivity index (χ0) is 17.4. The van der Waals surface area contributed by atoms with E-state index in [1.54, 1.807) is 6.07 Å². The van der Waals surface area contributed by atoms with Gasteiger partial charge in [0.1, 0.15) is 5.82 Å². The van der Waals surface area contributed by atoms with Crippen molar-refractivity contribution >= 4 is 23.2 Å². The fourth-order valence-electron chi connectivity index (χ4n) is 2.79. The molecule has 1 heterocycles. The van der Waals surface area contributed by atoms with Gasteiger partial charge in [0.15, 0.2) is 5.76 Å². The van der Waals surface area contributed by atoms with Crippen LogP contribution in [0.15, 0.2) is 59.1 Å². The molecule has 1 fully saturated rings. The summed E-state index contributed by atoms with van der Waals surface area (Å²) in [5.41, 5.74) is 1.27. The summed E-state index contributed by atoms with van der Waals surface area (Å²) in [6.07, 6.45) is 1.38. The number of benzene rings is 2. The molecule has 0 bridgehead atoms. The second kappa shape index (κ2) is 6.01. The van der Waals surface area contributed by atoms with E-state index >= 15 is 0 Å². The quantitative estimate of drug-likeness (QED) is 0.730. The van der Waals surface area contributed by atoms with Gasteiger partial charge in [-0.25, -0.2) is 4.39 Å². The summed E-state index contributed by atoms with van der Waals surface area (Å²) in [7, 11) is 0. The molecule has 0 saturated heterocycles. The minimum absolute atomic E-state index is 0.0320. The predicted molar refractivity (Wildman–Crippen MR) is 92.9 cm³/mol. The number of aromatic nitrogens is 1. The first kappa shape index (κ1) is 15.8. The Balaban J connectivity index is 1.56. The van der Waals surface area contributed by atoms with Gasteiger partial charge in [0.25, 0.3) is 0 Å². The van der Waals surface area contributed by atoms with Crippen LogP contribution in [-0.2, 0) is 10.2 Å². The normalized spacial score (nSPS) is 15.0. The van der Waals surface area contributed by atoms with E-state index in [1.165, 1.54) is 18.2 Å². The van der Waals surface area contributed by atoms with E-state index in [-0.39, 0.29) is 10.9 Å². The minimum atomic E-state index is -0.697. The molecule has 25 heavy (non-hydrogen) atoms. The molecule has 1 saturated carbocycles. The molecular formula is C19H14ClFN2O2. The molecule has 6 heteroatoms. The highest BCUT2D eigenvalue weighted by molar-refractivity contribution is 6.31. The van der Waals surface area contributed by atoms with E-state index in [0.29, 0.717) is 30.0 Å². The molecule has 1 aliphatic rings. The highest BCUT2D eigenvalue weighted by atomic mass is 35.5. The summed E-state index contributed by atoms with van der Waals surface area (Å²) in [5, 5.41) is 6.86. The summed E-state index contributed by atoms with van der Waals surface area (Å²) >= 11 is 5.76. The van der Waals surface area contributed by atoms with E-state index in [4.69, 9.17) is 16.1 Å². The number of halogens is 2. The van der Waals surface area contributed by atoms with Crippen molar-refractivity contribution in [1.29, 1.82) is 0 Å². The van der Waals surface area contributed by atoms with Crippen molar-refractivity contribution < 1.29 is 13.7 Å². The maximum absolute atomic E-state index is 13.2. The second-order valence-electron chi connectivity index (χ2n) is 6.11. The van der Waals surface area contributed by atoms with Crippen molar-refractivity contribution in [3.8, 4) is 11.3 Å². The Morgan fingerprint density at radius 3 is 2.60 bits per heavy atom. The summed E-state index contributed by atoms with van der Waals surface area (Å²) in [6, 6.07) is 15.5. The minimum Gasteiger partial charge on any atom is -0.356 e. The molecule has 0 atom stereocenters. The van der Waals surface area contributed by atoms with Crippen LogP contribution in [0.3, 0.4) is 0 Å². The van der Waals surface area contributed by atoms with Crippen LogP contribution in [0, 0.1) is 5.82 Å². The first-order valence-electron chi connectivity index (χ1n) is 7.88. The lowest BCUT2D eigenvalue weighted by Gasteiger charge is -2.12. The molecule has 126 valence electrons. The zero-order valence-corrected chi connectivity index (χ0v) is 13.9. The van der Waals surface area contributed by atoms with Crippen molar-refractivity contribution in [3.05, 3.63) is 71.1 Å². The van der Waals surface area contributed by atoms with Gasteiger partial charge in [0.05, 0.1) is 16.1 Å². The van der Waals surface area contributed by atoms with Crippen molar-refractivity contribution in [3.63, 3.8) is 0 Å². The molecule has 0 aliphatic heterocycles. The fourth-order valence-corrected chi connectivity index (χ4v) is 2.97. The van der Waals surface area contributed by atoms with Gasteiger partial charge in [0, 0.05) is 17.3 Å². The number of hydrogen-bond acceptors (Lipinski definition) is 3. The molecule has 4 rings (SSSR count). The van der Waals surface area contributed by atoms with E-state index in [1.807, 2.05) is 30.3 Å². The third kappa shape index (κ3) is 2.91. The Hall–Kier alpha value is -2.66. The van der Waals surface area contributed by atoms with Crippen LogP contribution in [0.4, 0.5) is 10.1 Å². The molecule has 3 aromatic rings. The van der Waals surface area contributed by atoms with Gasteiger partial charge in [-0.05, 0) is 31.0 Å². The lowest BCUT2D eigenvalue weighted by molar-refractivity contribution is -0.118. The van der Waals surface area contributed by atoms with Gasteiger partial charge in [-0.3, -0.25) is 4.79 Å². The molecular weight excluding hydrogens is 343 g/mol. The molecule has 1 N–H and O–H groups in total. The van der Waals surface area contributed by atoms with Crippen molar-refractivity contribution in [2.24, 2.45) is 0 Å². The van der Waals surface area contributed by atoms with Gasteiger partial charge in [-0.15, -0.1) is 0 Å². The van der Waals surface area contributed by atoms with Crippen LogP contribution in [0.2, 0.25) is 5.02 Å². The lowest BCUT2D eigenvalue weighted by Crippen LogP contribution is -2.28. The maximum Gasteiger partial charge on any atom is 0.236 e. The number of hydrogen-bond donors (Lipinski definition) is 1. The number of carbonyl (C=O) groups excluding carboxylic acids is 1. The number of carbonyl (C=O) groups is 1. The average Bonchev–Trinajstić information content (AvgIpc) is 3.29. The van der Waals surface area contributed by atoms with Crippen molar-refractivity contribution in [1.82, 2.24) is 5.16 Å². The van der Waals surface area contributed by atoms with Crippen LogP contribution >= 0.6 is 11.6 Å². The Morgan fingerprint density at radius 2 is 1.92 bits per heavy atom. The average molecular weight is 357 g/mol. The second-order valence-corrected chi connectivity index (χ2v) is 6.51. The van der Waals surface area contributed by atoms with Crippen molar-refractivity contribution in [2.45, 2.75) is 18.3 Å². The van der Waals surface area contributed by atoms with E-state index in [9.17, 15) is 9.18 Å². The molecule has 1 amide bonds. The molecule has 1 aliphatic carbocycles. The third-order valence-corrected chi connectivity index (χ3v) is 4.71. The van der Waals surface area contributed by atoms with E-state index in [2.05, 4.69) is 10.5 Å². The number of amides is 1. The number of anilines is 1. The van der Waals surface area contributed by atoms with Gasteiger partial charge in [0.2, 0.25) is 5.91 Å². The standard InChI is InChI=1S/C19H14ClFN2O2/c20-14-10-13(6-7-15(14)21)22-18(24)19(8-9-19)17-11-16(25-23-17)12-4-2-1-3-5-12/h1-7,10-11H,8-9H2,(H,22,24). The number of nitrogens with zero attached hydrogens (tertiary/aromatic N) is 1. The zero-order valence-electron chi connectivity index (χ0n) is 13.1. The largest absolute Gasteiger partial charge is 0.356 e. The van der Waals surface area contributed by atoms with E-state index in [0.717, 1.165) is 5.56 Å². The lowest BCUT2D eigenvalue weighted by atomic mass is 10.00. The molecule has 0 radical (unpaired) electrons. The molecule has 2 aromatic carbocycles. The summed E-state index contributed by atoms with van der Waals surface area (Å²) < 4.78 is 18.7. The van der Waals surface area contributed by atoms with Crippen LogP contribution in [0.5, 0.6) is 0 Å². The number of nitrogens with one attached hydrogen (secondary N) is 1. The maximum atomic E-state index is 13.2. The molecule has 0 spiro atoms. The van der Waals surface area contributed by atoms with Gasteiger partial charge in [-0.2, -0.15) is 0 Å². The highest BCUT2D eigenvalue weighted by Gasteiger charge is 2.53. The monoisotopic (exact) mass is 356 g/mol. The summed E-state index contributed by atoms with van der Waals surface area (Å²) in [4.78, 5) is 12.7. The fraction of sp³-hybridized carbons (Fsp3) is 0.158. The van der Waals surface area contributed by atoms with Crippen LogP contribution in [0.1, 0.15) is 18.5 Å². The van der Waals surface area contributed by atoms with Crippen molar-refractivity contribution in [2.75, 3.05) is 5.32 Å². The third-order valence-electron chi connectivity index (χ3n) is 4.42. The van der Waals surface area contributed by atoms with Crippen LogP contribution in [0.25, 0.3) is 11.3 Å². The Morgan fingerprint density at radius 1 is 1.16 bits per heavy atom. The Labute approximate surface area is 148 Å². The topological polar surface area (TPSA) is 55.1 Å². The SMILES string of the molecule is O=C(Nc1ccc(F)c(Cl)c1)C1(c2cc(-c3ccccc3)on2)CC1. The summed E-state index contributed by atoms with van der Waals surface area (Å²) in [6.45, 7) is 0. The van der Waals surface area contributed by atoms with Gasteiger partial charge in [-0.1, -0.05) is 47.1 Å². The molecule has 1 aromatic heterocycles. The number of rotatable bonds is 4. The predicted octanol–water partition coefficient (Wildman–Crippen LogP) is 4.80. The first-order valence-corrected chi connectivity index (χ1v) is 8.25. The molecule has 4 nitrogen and oxygen atoms in total. The summed E-state index contributed by atoms with van der Waals surface area (Å²) in [5.74, 6) is -0.0904.